The second kappa shape index (κ2) is 3.97. The fourth-order valence-electron chi connectivity index (χ4n) is 0.779. The van der Waals surface area contributed by atoms with Crippen LogP contribution in [0, 0.1) is 17.5 Å². The van der Waals surface area contributed by atoms with Gasteiger partial charge >= 0.3 is 0 Å². The van der Waals surface area contributed by atoms with Crippen LogP contribution < -0.4 is 0 Å². The van der Waals surface area contributed by atoms with Gasteiger partial charge in [0.2, 0.25) is 3.79 Å². The van der Waals surface area contributed by atoms with Crippen LogP contribution in [-0.2, 0) is 3.79 Å². The lowest BCUT2D eigenvalue weighted by Gasteiger charge is -2.13. The molecule has 0 aliphatic carbocycles. The topological polar surface area (TPSA) is 0 Å². The number of rotatable bonds is 0. The summed E-state index contributed by atoms with van der Waals surface area (Å²) in [5.74, 6) is -4.18. The van der Waals surface area contributed by atoms with E-state index in [0.29, 0.717) is 6.07 Å². The van der Waals surface area contributed by atoms with Gasteiger partial charge in [-0.1, -0.05) is 46.4 Å². The van der Waals surface area contributed by atoms with E-state index in [1.165, 1.54) is 0 Å². The van der Waals surface area contributed by atoms with E-state index in [-0.39, 0.29) is 0 Å². The standard InChI is InChI=1S/C7HCl4F3/c8-4-5(13)2(7(9,10)11)1-3(12)6(4)14/h1H. The molecule has 0 saturated heterocycles. The number of alkyl halides is 3. The molecule has 1 aromatic rings. The van der Waals surface area contributed by atoms with E-state index in [0.717, 1.165) is 0 Å². The van der Waals surface area contributed by atoms with Crippen molar-refractivity contribution in [3.8, 4) is 0 Å². The van der Waals surface area contributed by atoms with Crippen molar-refractivity contribution in [1.82, 2.24) is 0 Å². The summed E-state index contributed by atoms with van der Waals surface area (Å²) >= 11 is 21.0. The first-order valence-electron chi connectivity index (χ1n) is 3.15. The predicted molar refractivity (Wildman–Crippen MR) is 50.6 cm³/mol. The fraction of sp³-hybridized carbons (Fsp3) is 0.143. The SMILES string of the molecule is Fc1cc(C(Cl)(Cl)Cl)c(F)c(Cl)c1F. The van der Waals surface area contributed by atoms with Crippen LogP contribution in [0.1, 0.15) is 5.56 Å². The van der Waals surface area contributed by atoms with E-state index in [1.54, 1.807) is 0 Å². The lowest BCUT2D eigenvalue weighted by atomic mass is 10.2. The Morgan fingerprint density at radius 2 is 1.50 bits per heavy atom. The maximum Gasteiger partial charge on any atom is 0.219 e. The zero-order valence-corrected chi connectivity index (χ0v) is 9.25. The maximum absolute atomic E-state index is 13.1. The van der Waals surface area contributed by atoms with Gasteiger partial charge in [0.25, 0.3) is 0 Å². The van der Waals surface area contributed by atoms with E-state index < -0.39 is 31.8 Å². The molecular formula is C7HCl4F3. The minimum absolute atomic E-state index is 0.448. The van der Waals surface area contributed by atoms with Gasteiger partial charge in [-0.25, -0.2) is 13.2 Å². The minimum atomic E-state index is -2.19. The number of halogens is 7. The first kappa shape index (κ1) is 12.2. The van der Waals surface area contributed by atoms with E-state index in [2.05, 4.69) is 0 Å². The molecule has 0 spiro atoms. The summed E-state index contributed by atoms with van der Waals surface area (Å²) in [6, 6.07) is 0.448. The van der Waals surface area contributed by atoms with E-state index in [4.69, 9.17) is 46.4 Å². The normalized spacial score (nSPS) is 11.9. The van der Waals surface area contributed by atoms with E-state index in [1.807, 2.05) is 0 Å². The van der Waals surface area contributed by atoms with Gasteiger partial charge < -0.3 is 0 Å². The number of benzene rings is 1. The molecule has 0 atom stereocenters. The Morgan fingerprint density at radius 1 is 1.00 bits per heavy atom. The van der Waals surface area contributed by atoms with E-state index >= 15 is 0 Å². The lowest BCUT2D eigenvalue weighted by molar-refractivity contribution is 0.491. The van der Waals surface area contributed by atoms with Gasteiger partial charge in [-0.05, 0) is 6.07 Å². The van der Waals surface area contributed by atoms with Crippen molar-refractivity contribution in [3.05, 3.63) is 34.1 Å². The predicted octanol–water partition coefficient (Wildman–Crippen LogP) is 4.58. The molecule has 0 saturated carbocycles. The highest BCUT2D eigenvalue weighted by Crippen LogP contribution is 2.42. The Kier molecular flexibility index (Phi) is 3.47. The minimum Gasteiger partial charge on any atom is -0.205 e. The van der Waals surface area contributed by atoms with Crippen molar-refractivity contribution in [1.29, 1.82) is 0 Å². The molecule has 0 aliphatic rings. The number of hydrogen-bond donors (Lipinski definition) is 0. The van der Waals surface area contributed by atoms with Crippen LogP contribution in [-0.4, -0.2) is 0 Å². The van der Waals surface area contributed by atoms with Crippen LogP contribution in [0.15, 0.2) is 6.07 Å². The summed E-state index contributed by atoms with van der Waals surface area (Å²) in [6.45, 7) is 0. The second-order valence-electron chi connectivity index (χ2n) is 2.35. The van der Waals surface area contributed by atoms with Crippen LogP contribution in [0.5, 0.6) is 0 Å². The highest BCUT2D eigenvalue weighted by Gasteiger charge is 2.31. The van der Waals surface area contributed by atoms with Gasteiger partial charge in [0.15, 0.2) is 17.5 Å². The van der Waals surface area contributed by atoms with Crippen molar-refractivity contribution in [2.75, 3.05) is 0 Å². The van der Waals surface area contributed by atoms with Crippen molar-refractivity contribution in [3.63, 3.8) is 0 Å². The largest absolute Gasteiger partial charge is 0.219 e. The Morgan fingerprint density at radius 3 is 1.93 bits per heavy atom. The molecule has 14 heavy (non-hydrogen) atoms. The first-order valence-corrected chi connectivity index (χ1v) is 4.66. The molecule has 7 heteroatoms. The smallest absolute Gasteiger partial charge is 0.205 e. The van der Waals surface area contributed by atoms with Crippen molar-refractivity contribution >= 4 is 46.4 Å². The molecule has 1 aromatic carbocycles. The number of hydrogen-bond acceptors (Lipinski definition) is 0. The van der Waals surface area contributed by atoms with Crippen LogP contribution >= 0.6 is 46.4 Å². The summed E-state index contributed by atoms with van der Waals surface area (Å²) in [7, 11) is 0. The molecular weight excluding hydrogens is 283 g/mol. The second-order valence-corrected chi connectivity index (χ2v) is 5.00. The molecule has 0 N–H and O–H groups in total. The van der Waals surface area contributed by atoms with Gasteiger partial charge in [-0.2, -0.15) is 0 Å². The van der Waals surface area contributed by atoms with Gasteiger partial charge in [-0.3, -0.25) is 0 Å². The quantitative estimate of drug-likeness (QED) is 0.371. The molecule has 0 nitrogen and oxygen atoms in total. The molecule has 0 unspecified atom stereocenters. The average Bonchev–Trinajstić information content (AvgIpc) is 2.06. The fourth-order valence-corrected chi connectivity index (χ4v) is 1.38. The van der Waals surface area contributed by atoms with Crippen molar-refractivity contribution in [2.45, 2.75) is 3.79 Å². The Labute approximate surface area is 97.5 Å². The van der Waals surface area contributed by atoms with Crippen LogP contribution in [0.4, 0.5) is 13.2 Å². The maximum atomic E-state index is 13.1. The summed E-state index contributed by atoms with van der Waals surface area (Å²) in [5.41, 5.74) is -0.633. The van der Waals surface area contributed by atoms with Crippen molar-refractivity contribution in [2.24, 2.45) is 0 Å². The Hall–Kier alpha value is 0.170. The summed E-state index contributed by atoms with van der Waals surface area (Å²) in [6.07, 6.45) is 0. The van der Waals surface area contributed by atoms with Gasteiger partial charge in [0.05, 0.1) is 0 Å². The lowest BCUT2D eigenvalue weighted by Crippen LogP contribution is -2.07. The van der Waals surface area contributed by atoms with Gasteiger partial charge in [-0.15, -0.1) is 0 Å². The zero-order chi connectivity index (χ0) is 11.1. The summed E-state index contributed by atoms with van der Waals surface area (Å²) in [5, 5.41) is -1.04. The summed E-state index contributed by atoms with van der Waals surface area (Å²) in [4.78, 5) is 0. The molecule has 0 aliphatic heterocycles. The summed E-state index contributed by atoms with van der Waals surface area (Å²) < 4.78 is 36.4. The molecule has 1 rings (SSSR count). The molecule has 0 bridgehead atoms. The van der Waals surface area contributed by atoms with E-state index in [9.17, 15) is 13.2 Å². The van der Waals surface area contributed by atoms with Crippen LogP contribution in [0.25, 0.3) is 0 Å². The van der Waals surface area contributed by atoms with Gasteiger partial charge in [0, 0.05) is 5.56 Å². The monoisotopic (exact) mass is 282 g/mol. The average molecular weight is 284 g/mol. The van der Waals surface area contributed by atoms with Crippen molar-refractivity contribution < 1.29 is 13.2 Å². The molecule has 0 aromatic heterocycles. The molecule has 0 radical (unpaired) electrons. The Balaban J connectivity index is 3.49. The van der Waals surface area contributed by atoms with Crippen LogP contribution in [0.2, 0.25) is 5.02 Å². The van der Waals surface area contributed by atoms with Crippen LogP contribution in [0.3, 0.4) is 0 Å². The highest BCUT2D eigenvalue weighted by molar-refractivity contribution is 6.66. The third-order valence-corrected chi connectivity index (χ3v) is 2.35. The highest BCUT2D eigenvalue weighted by atomic mass is 35.6. The molecule has 78 valence electrons. The third kappa shape index (κ3) is 2.22. The molecule has 0 fully saturated rings. The first-order chi connectivity index (χ1) is 6.25. The third-order valence-electron chi connectivity index (χ3n) is 1.41. The Bertz CT molecular complexity index is 372. The van der Waals surface area contributed by atoms with Gasteiger partial charge in [0.1, 0.15) is 5.02 Å². The molecule has 0 amide bonds. The zero-order valence-electron chi connectivity index (χ0n) is 6.22. The molecule has 0 heterocycles.